The molecule has 1 amide bonds. The number of hydrogen-bond acceptors (Lipinski definition) is 4. The molecule has 0 N–H and O–H groups in total. The van der Waals surface area contributed by atoms with Crippen LogP contribution in [0.2, 0.25) is 0 Å². The summed E-state index contributed by atoms with van der Waals surface area (Å²) in [5, 5.41) is -0.450. The number of hydrogen-bond donors (Lipinski definition) is 0. The molecule has 0 spiro atoms. The first kappa shape index (κ1) is 17.4. The Bertz CT molecular complexity index is 695. The third-order valence-electron chi connectivity index (χ3n) is 4.03. The number of amides is 1. The average Bonchev–Trinajstić information content (AvgIpc) is 2.55. The van der Waals surface area contributed by atoms with Crippen molar-refractivity contribution in [3.05, 3.63) is 24.3 Å². The van der Waals surface area contributed by atoms with Gasteiger partial charge in [0.15, 0.2) is 15.9 Å². The molecule has 124 valence electrons. The number of terminal acetylenes is 1. The molecule has 1 heterocycles. The van der Waals surface area contributed by atoms with E-state index in [9.17, 15) is 13.2 Å². The van der Waals surface area contributed by atoms with Crippen molar-refractivity contribution in [1.29, 1.82) is 0 Å². The summed E-state index contributed by atoms with van der Waals surface area (Å²) in [5.74, 6) is 2.98. The van der Waals surface area contributed by atoms with Gasteiger partial charge in [0.25, 0.3) is 0 Å². The Hall–Kier alpha value is -2.00. The standard InChI is InChI=1S/C17H21NO4S/c1-4-13(2)22-15-5-7-16(8-6-15)23(20,21)17-9-11-18(12-10-17)14(3)19/h1,5-8,13,17H,9-12H2,2-3H3. The molecule has 1 aromatic carbocycles. The summed E-state index contributed by atoms with van der Waals surface area (Å²) in [6, 6.07) is 6.33. The van der Waals surface area contributed by atoms with Crippen LogP contribution >= 0.6 is 0 Å². The number of ether oxygens (including phenoxy) is 1. The van der Waals surface area contributed by atoms with Crippen molar-refractivity contribution in [3.8, 4) is 18.1 Å². The molecule has 1 unspecified atom stereocenters. The van der Waals surface area contributed by atoms with Gasteiger partial charge in [0.1, 0.15) is 5.75 Å². The van der Waals surface area contributed by atoms with Gasteiger partial charge in [-0.3, -0.25) is 4.79 Å². The predicted molar refractivity (Wildman–Crippen MR) is 87.8 cm³/mol. The third-order valence-corrected chi connectivity index (χ3v) is 6.30. The van der Waals surface area contributed by atoms with Crippen molar-refractivity contribution in [2.75, 3.05) is 13.1 Å². The summed E-state index contributed by atoms with van der Waals surface area (Å²) < 4.78 is 30.8. The normalized spacial score (nSPS) is 17.3. The molecule has 0 aromatic heterocycles. The summed E-state index contributed by atoms with van der Waals surface area (Å²) in [6.45, 7) is 4.22. The van der Waals surface area contributed by atoms with Gasteiger partial charge in [0, 0.05) is 20.0 Å². The maximum Gasteiger partial charge on any atom is 0.219 e. The minimum absolute atomic E-state index is 0.00928. The number of sulfone groups is 1. The second-order valence-corrected chi connectivity index (χ2v) is 7.88. The quantitative estimate of drug-likeness (QED) is 0.788. The lowest BCUT2D eigenvalue weighted by Gasteiger charge is -2.31. The molecule has 0 saturated carbocycles. The van der Waals surface area contributed by atoms with E-state index in [0.717, 1.165) is 0 Å². The smallest absolute Gasteiger partial charge is 0.219 e. The van der Waals surface area contributed by atoms with Crippen LogP contribution in [0.5, 0.6) is 5.75 Å². The molecule has 0 aliphatic carbocycles. The zero-order valence-corrected chi connectivity index (χ0v) is 14.2. The Morgan fingerprint density at radius 1 is 1.30 bits per heavy atom. The molecule has 0 bridgehead atoms. The van der Waals surface area contributed by atoms with Crippen LogP contribution in [0.3, 0.4) is 0 Å². The van der Waals surface area contributed by atoms with E-state index >= 15 is 0 Å². The van der Waals surface area contributed by atoms with Crippen molar-refractivity contribution in [3.63, 3.8) is 0 Å². The number of piperidine rings is 1. The molecule has 1 fully saturated rings. The largest absolute Gasteiger partial charge is 0.478 e. The van der Waals surface area contributed by atoms with E-state index in [1.165, 1.54) is 6.92 Å². The fourth-order valence-corrected chi connectivity index (χ4v) is 4.35. The molecule has 1 aromatic rings. The van der Waals surface area contributed by atoms with Gasteiger partial charge < -0.3 is 9.64 Å². The van der Waals surface area contributed by atoms with Crippen LogP contribution in [0, 0.1) is 12.3 Å². The maximum atomic E-state index is 12.7. The molecule has 1 aliphatic heterocycles. The first-order valence-corrected chi connectivity index (χ1v) is 9.11. The highest BCUT2D eigenvalue weighted by atomic mass is 32.2. The van der Waals surface area contributed by atoms with Crippen LogP contribution < -0.4 is 4.74 Å². The molecule has 2 rings (SSSR count). The number of nitrogens with zero attached hydrogens (tertiary/aromatic N) is 1. The van der Waals surface area contributed by atoms with Crippen molar-refractivity contribution in [1.82, 2.24) is 4.90 Å². The lowest BCUT2D eigenvalue weighted by atomic mass is 10.1. The highest BCUT2D eigenvalue weighted by Gasteiger charge is 2.31. The molecule has 23 heavy (non-hydrogen) atoms. The minimum atomic E-state index is -3.40. The molecule has 6 heteroatoms. The highest BCUT2D eigenvalue weighted by molar-refractivity contribution is 7.92. The van der Waals surface area contributed by atoms with E-state index in [1.807, 2.05) is 0 Å². The first-order valence-electron chi connectivity index (χ1n) is 7.57. The van der Waals surface area contributed by atoms with Crippen molar-refractivity contribution in [2.45, 2.75) is 42.9 Å². The van der Waals surface area contributed by atoms with Gasteiger partial charge in [0.05, 0.1) is 10.1 Å². The van der Waals surface area contributed by atoms with E-state index in [1.54, 1.807) is 36.1 Å². The minimum Gasteiger partial charge on any atom is -0.478 e. The number of benzene rings is 1. The fourth-order valence-electron chi connectivity index (χ4n) is 2.62. The topological polar surface area (TPSA) is 63.7 Å². The average molecular weight is 335 g/mol. The second kappa shape index (κ2) is 7.05. The first-order chi connectivity index (χ1) is 10.8. The van der Waals surface area contributed by atoms with Gasteiger partial charge in [0.2, 0.25) is 5.91 Å². The Labute approximate surface area is 137 Å². The van der Waals surface area contributed by atoms with Crippen LogP contribution in [0.4, 0.5) is 0 Å². The Morgan fingerprint density at radius 2 is 1.87 bits per heavy atom. The summed E-state index contributed by atoms with van der Waals surface area (Å²) in [7, 11) is -3.40. The summed E-state index contributed by atoms with van der Waals surface area (Å²) in [6.07, 6.45) is 5.82. The molecule has 1 saturated heterocycles. The monoisotopic (exact) mass is 335 g/mol. The second-order valence-electron chi connectivity index (χ2n) is 5.65. The van der Waals surface area contributed by atoms with E-state index in [-0.39, 0.29) is 16.9 Å². The van der Waals surface area contributed by atoms with Gasteiger partial charge in [-0.15, -0.1) is 6.42 Å². The summed E-state index contributed by atoms with van der Waals surface area (Å²) in [5.41, 5.74) is 0. The van der Waals surface area contributed by atoms with Crippen molar-refractivity contribution < 1.29 is 17.9 Å². The molecular formula is C17H21NO4S. The fraction of sp³-hybridized carbons (Fsp3) is 0.471. The number of carbonyl (C=O) groups is 1. The third kappa shape index (κ3) is 4.05. The summed E-state index contributed by atoms with van der Waals surface area (Å²) >= 11 is 0. The van der Waals surface area contributed by atoms with Gasteiger partial charge in [-0.1, -0.05) is 5.92 Å². The lowest BCUT2D eigenvalue weighted by molar-refractivity contribution is -0.129. The number of rotatable bonds is 4. The van der Waals surface area contributed by atoms with Crippen LogP contribution in [-0.4, -0.2) is 43.7 Å². The highest BCUT2D eigenvalue weighted by Crippen LogP contribution is 2.26. The van der Waals surface area contributed by atoms with Gasteiger partial charge >= 0.3 is 0 Å². The van der Waals surface area contributed by atoms with E-state index in [4.69, 9.17) is 11.2 Å². The predicted octanol–water partition coefficient (Wildman–Crippen LogP) is 1.87. The van der Waals surface area contributed by atoms with E-state index < -0.39 is 15.1 Å². The van der Waals surface area contributed by atoms with Gasteiger partial charge in [-0.2, -0.15) is 0 Å². The van der Waals surface area contributed by atoms with Crippen LogP contribution in [-0.2, 0) is 14.6 Å². The van der Waals surface area contributed by atoms with Crippen LogP contribution in [0.25, 0.3) is 0 Å². The van der Waals surface area contributed by atoms with E-state index in [0.29, 0.717) is 31.7 Å². The molecule has 5 nitrogen and oxygen atoms in total. The van der Waals surface area contributed by atoms with Crippen molar-refractivity contribution >= 4 is 15.7 Å². The molecular weight excluding hydrogens is 314 g/mol. The van der Waals surface area contributed by atoms with Crippen LogP contribution in [0.15, 0.2) is 29.2 Å². The Morgan fingerprint density at radius 3 is 2.35 bits per heavy atom. The molecule has 0 radical (unpaired) electrons. The van der Waals surface area contributed by atoms with Gasteiger partial charge in [-0.05, 0) is 44.0 Å². The van der Waals surface area contributed by atoms with E-state index in [2.05, 4.69) is 5.92 Å². The zero-order valence-electron chi connectivity index (χ0n) is 13.4. The maximum absolute atomic E-state index is 12.7. The molecule has 1 atom stereocenters. The molecule has 1 aliphatic rings. The van der Waals surface area contributed by atoms with Crippen LogP contribution in [0.1, 0.15) is 26.7 Å². The van der Waals surface area contributed by atoms with Crippen molar-refractivity contribution in [2.24, 2.45) is 0 Å². The SMILES string of the molecule is C#CC(C)Oc1ccc(S(=O)(=O)C2CCN(C(C)=O)CC2)cc1. The Balaban J connectivity index is 2.08. The summed E-state index contributed by atoms with van der Waals surface area (Å²) in [4.78, 5) is 13.3. The van der Waals surface area contributed by atoms with Gasteiger partial charge in [-0.25, -0.2) is 8.42 Å². The Kier molecular flexibility index (Phi) is 5.32. The lowest BCUT2D eigenvalue weighted by Crippen LogP contribution is -2.41. The zero-order chi connectivity index (χ0) is 17.0. The number of carbonyl (C=O) groups excluding carboxylic acids is 1. The number of likely N-dealkylation sites (tertiary alicyclic amines) is 1.